The highest BCUT2D eigenvalue weighted by molar-refractivity contribution is 5.76. The topological polar surface area (TPSA) is 103 Å². The third-order valence-corrected chi connectivity index (χ3v) is 4.15. The number of nitrogens with zero attached hydrogens (tertiary/aromatic N) is 3. The van der Waals surface area contributed by atoms with E-state index in [2.05, 4.69) is 15.5 Å². The van der Waals surface area contributed by atoms with Crippen LogP contribution in [0.4, 0.5) is 4.39 Å². The van der Waals surface area contributed by atoms with Gasteiger partial charge >= 0.3 is 0 Å². The Balaban J connectivity index is 1.59. The molecule has 0 aliphatic rings. The van der Waals surface area contributed by atoms with Crippen LogP contribution in [0.5, 0.6) is 0 Å². The highest BCUT2D eigenvalue weighted by atomic mass is 19.1. The van der Waals surface area contributed by atoms with Crippen LogP contribution in [-0.2, 0) is 17.9 Å². The molecule has 0 aliphatic carbocycles. The predicted octanol–water partition coefficient (Wildman–Crippen LogP) is 2.61. The minimum Gasteiger partial charge on any atom is -0.467 e. The third kappa shape index (κ3) is 3.98. The molecular formula is C20H15FN4O4. The van der Waals surface area contributed by atoms with Gasteiger partial charge in [0.15, 0.2) is 0 Å². The summed E-state index contributed by atoms with van der Waals surface area (Å²) in [7, 11) is 0. The standard InChI is InChI=1S/C20H15FN4O4/c21-15-7-2-1-6-14(15)19-23-20(29-24-19)16-8-3-9-18(27)25(16)12-17(26)22-11-13-5-4-10-28-13/h1-10H,11-12H2,(H,22,26). The summed E-state index contributed by atoms with van der Waals surface area (Å²) in [4.78, 5) is 28.8. The van der Waals surface area contributed by atoms with Gasteiger partial charge in [0.2, 0.25) is 11.7 Å². The van der Waals surface area contributed by atoms with Gasteiger partial charge in [-0.25, -0.2) is 4.39 Å². The molecule has 1 amide bonds. The Morgan fingerprint density at radius 3 is 2.76 bits per heavy atom. The van der Waals surface area contributed by atoms with Crippen molar-refractivity contribution in [3.05, 3.63) is 82.8 Å². The molecule has 0 unspecified atom stereocenters. The van der Waals surface area contributed by atoms with E-state index in [-0.39, 0.29) is 36.1 Å². The molecule has 1 aromatic carbocycles. The summed E-state index contributed by atoms with van der Waals surface area (Å²) >= 11 is 0. The molecule has 0 saturated carbocycles. The van der Waals surface area contributed by atoms with Crippen molar-refractivity contribution in [2.75, 3.05) is 0 Å². The molecule has 0 fully saturated rings. The number of rotatable bonds is 6. The van der Waals surface area contributed by atoms with Crippen LogP contribution >= 0.6 is 0 Å². The number of benzene rings is 1. The highest BCUT2D eigenvalue weighted by Gasteiger charge is 2.18. The molecular weight excluding hydrogens is 379 g/mol. The predicted molar refractivity (Wildman–Crippen MR) is 99.9 cm³/mol. The van der Waals surface area contributed by atoms with Crippen molar-refractivity contribution < 1.29 is 18.1 Å². The highest BCUT2D eigenvalue weighted by Crippen LogP contribution is 2.23. The van der Waals surface area contributed by atoms with Gasteiger partial charge in [0.25, 0.3) is 11.4 Å². The molecule has 0 saturated heterocycles. The zero-order chi connectivity index (χ0) is 20.2. The number of aromatic nitrogens is 3. The normalized spacial score (nSPS) is 10.8. The molecule has 0 aliphatic heterocycles. The zero-order valence-electron chi connectivity index (χ0n) is 15.0. The first-order chi connectivity index (χ1) is 14.1. The molecule has 0 radical (unpaired) electrons. The van der Waals surface area contributed by atoms with Gasteiger partial charge in [-0.1, -0.05) is 23.4 Å². The molecule has 3 aromatic heterocycles. The number of amides is 1. The second-order valence-electron chi connectivity index (χ2n) is 6.09. The van der Waals surface area contributed by atoms with Crippen LogP contribution in [-0.4, -0.2) is 20.6 Å². The Labute approximate surface area is 163 Å². The maximum absolute atomic E-state index is 14.0. The fourth-order valence-corrected chi connectivity index (χ4v) is 2.75. The quantitative estimate of drug-likeness (QED) is 0.539. The maximum atomic E-state index is 14.0. The van der Waals surface area contributed by atoms with Crippen LogP contribution in [0.25, 0.3) is 23.0 Å². The molecule has 3 heterocycles. The van der Waals surface area contributed by atoms with Gasteiger partial charge in [-0.2, -0.15) is 4.98 Å². The fourth-order valence-electron chi connectivity index (χ4n) is 2.75. The van der Waals surface area contributed by atoms with Crippen molar-refractivity contribution in [2.24, 2.45) is 0 Å². The minimum absolute atomic E-state index is 0.000197. The van der Waals surface area contributed by atoms with Crippen molar-refractivity contribution in [1.29, 1.82) is 0 Å². The van der Waals surface area contributed by atoms with Gasteiger partial charge in [-0.05, 0) is 30.3 Å². The van der Waals surface area contributed by atoms with Crippen LogP contribution in [0.1, 0.15) is 5.76 Å². The molecule has 9 heteroatoms. The number of carbonyl (C=O) groups is 1. The lowest BCUT2D eigenvalue weighted by atomic mass is 10.2. The molecule has 0 spiro atoms. The zero-order valence-corrected chi connectivity index (χ0v) is 15.0. The maximum Gasteiger partial charge on any atom is 0.274 e. The first kappa shape index (κ1) is 18.4. The van der Waals surface area contributed by atoms with Crippen LogP contribution < -0.4 is 10.9 Å². The second-order valence-corrected chi connectivity index (χ2v) is 6.09. The van der Waals surface area contributed by atoms with Gasteiger partial charge in [-0.15, -0.1) is 0 Å². The minimum atomic E-state index is -0.498. The lowest BCUT2D eigenvalue weighted by molar-refractivity contribution is -0.121. The molecule has 146 valence electrons. The van der Waals surface area contributed by atoms with Gasteiger partial charge in [0.05, 0.1) is 18.4 Å². The smallest absolute Gasteiger partial charge is 0.274 e. The average molecular weight is 394 g/mol. The number of furan rings is 1. The van der Waals surface area contributed by atoms with Crippen molar-refractivity contribution in [3.63, 3.8) is 0 Å². The molecule has 4 aromatic rings. The lowest BCUT2D eigenvalue weighted by Gasteiger charge is -2.09. The van der Waals surface area contributed by atoms with E-state index in [1.165, 1.54) is 35.1 Å². The molecule has 4 rings (SSSR count). The largest absolute Gasteiger partial charge is 0.467 e. The van der Waals surface area contributed by atoms with Crippen molar-refractivity contribution >= 4 is 5.91 Å². The van der Waals surface area contributed by atoms with E-state index in [9.17, 15) is 14.0 Å². The molecule has 0 atom stereocenters. The van der Waals surface area contributed by atoms with Crippen molar-refractivity contribution in [2.45, 2.75) is 13.1 Å². The molecule has 1 N–H and O–H groups in total. The van der Waals surface area contributed by atoms with Crippen LogP contribution in [0.3, 0.4) is 0 Å². The van der Waals surface area contributed by atoms with E-state index in [1.807, 2.05) is 0 Å². The molecule has 0 bridgehead atoms. The van der Waals surface area contributed by atoms with Gasteiger partial charge in [0.1, 0.15) is 23.8 Å². The number of hydrogen-bond donors (Lipinski definition) is 1. The third-order valence-electron chi connectivity index (χ3n) is 4.15. The Hall–Kier alpha value is -4.01. The number of pyridine rings is 1. The van der Waals surface area contributed by atoms with E-state index in [1.54, 1.807) is 30.3 Å². The summed E-state index contributed by atoms with van der Waals surface area (Å²) in [5.74, 6) is -0.263. The van der Waals surface area contributed by atoms with Crippen molar-refractivity contribution in [3.8, 4) is 23.0 Å². The fraction of sp³-hybridized carbons (Fsp3) is 0.100. The van der Waals surface area contributed by atoms with E-state index in [0.29, 0.717) is 5.76 Å². The van der Waals surface area contributed by atoms with E-state index < -0.39 is 17.3 Å². The van der Waals surface area contributed by atoms with Crippen LogP contribution in [0.2, 0.25) is 0 Å². The number of nitrogens with one attached hydrogen (secondary N) is 1. The van der Waals surface area contributed by atoms with E-state index in [0.717, 1.165) is 0 Å². The van der Waals surface area contributed by atoms with Crippen molar-refractivity contribution in [1.82, 2.24) is 20.0 Å². The molecule has 8 nitrogen and oxygen atoms in total. The van der Waals surface area contributed by atoms with Crippen LogP contribution in [0.15, 0.2) is 74.6 Å². The second kappa shape index (κ2) is 7.93. The summed E-state index contributed by atoms with van der Waals surface area (Å²) in [5.41, 5.74) is 0.00514. The van der Waals surface area contributed by atoms with Gasteiger partial charge in [0, 0.05) is 6.07 Å². The Morgan fingerprint density at radius 2 is 1.97 bits per heavy atom. The summed E-state index contributed by atoms with van der Waals surface area (Å²) < 4.78 is 25.6. The first-order valence-corrected chi connectivity index (χ1v) is 8.70. The Kier molecular flexibility index (Phi) is 5.02. The number of halogens is 1. The Morgan fingerprint density at radius 1 is 1.10 bits per heavy atom. The summed E-state index contributed by atoms with van der Waals surface area (Å²) in [5, 5.41) is 6.46. The number of hydrogen-bond acceptors (Lipinski definition) is 6. The monoisotopic (exact) mass is 394 g/mol. The Bertz CT molecular complexity index is 1200. The van der Waals surface area contributed by atoms with E-state index in [4.69, 9.17) is 8.94 Å². The first-order valence-electron chi connectivity index (χ1n) is 8.70. The van der Waals surface area contributed by atoms with E-state index >= 15 is 0 Å². The SMILES string of the molecule is O=C(Cn1c(-c2nc(-c3ccccc3F)no2)cccc1=O)NCc1ccco1. The molecule has 29 heavy (non-hydrogen) atoms. The lowest BCUT2D eigenvalue weighted by Crippen LogP contribution is -2.32. The average Bonchev–Trinajstić information content (AvgIpc) is 3.40. The summed E-state index contributed by atoms with van der Waals surface area (Å²) in [6.45, 7) is -0.0616. The van der Waals surface area contributed by atoms with Gasteiger partial charge < -0.3 is 14.3 Å². The number of carbonyl (C=O) groups excluding carboxylic acids is 1. The van der Waals surface area contributed by atoms with Crippen LogP contribution in [0, 0.1) is 5.82 Å². The summed E-state index contributed by atoms with van der Waals surface area (Å²) in [6.07, 6.45) is 1.50. The van der Waals surface area contributed by atoms with Gasteiger partial charge in [-0.3, -0.25) is 14.2 Å². The summed E-state index contributed by atoms with van der Waals surface area (Å²) in [6, 6.07) is 13.8.